The molecule has 0 unspecified atom stereocenters. The molecule has 0 aliphatic heterocycles. The molecule has 1 rings (SSSR count). The van der Waals surface area contributed by atoms with Crippen LogP contribution in [-0.2, 0) is 6.42 Å². The summed E-state index contributed by atoms with van der Waals surface area (Å²) in [6.45, 7) is 1.91. The quantitative estimate of drug-likeness (QED) is 0.574. The van der Waals surface area contributed by atoms with Gasteiger partial charge in [0.25, 0.3) is 5.69 Å². The second-order valence-corrected chi connectivity index (χ2v) is 2.78. The summed E-state index contributed by atoms with van der Waals surface area (Å²) < 4.78 is 0. The van der Waals surface area contributed by atoms with Crippen LogP contribution < -0.4 is 0 Å². The van der Waals surface area contributed by atoms with Crippen molar-refractivity contribution < 1.29 is 10.0 Å². The van der Waals surface area contributed by atoms with Crippen molar-refractivity contribution in [2.24, 2.45) is 0 Å². The summed E-state index contributed by atoms with van der Waals surface area (Å²) in [6, 6.07) is 4.36. The molecule has 1 N–H and O–H groups in total. The number of aromatic hydroxyl groups is 1. The molecule has 0 fully saturated rings. The fourth-order valence-corrected chi connectivity index (χ4v) is 1.24. The van der Waals surface area contributed by atoms with E-state index in [1.807, 2.05) is 6.92 Å². The van der Waals surface area contributed by atoms with Gasteiger partial charge in [-0.1, -0.05) is 19.4 Å². The van der Waals surface area contributed by atoms with Gasteiger partial charge < -0.3 is 5.11 Å². The van der Waals surface area contributed by atoms with Gasteiger partial charge in [-0.15, -0.1) is 0 Å². The summed E-state index contributed by atoms with van der Waals surface area (Å²) in [4.78, 5) is 10.1. The van der Waals surface area contributed by atoms with Crippen molar-refractivity contribution in [3.05, 3.63) is 33.9 Å². The second-order valence-electron chi connectivity index (χ2n) is 2.78. The van der Waals surface area contributed by atoms with E-state index in [0.29, 0.717) is 12.0 Å². The highest BCUT2D eigenvalue weighted by Gasteiger charge is 2.15. The summed E-state index contributed by atoms with van der Waals surface area (Å²) >= 11 is 0. The summed E-state index contributed by atoms with van der Waals surface area (Å²) in [5.41, 5.74) is 0.428. The Kier molecular flexibility index (Phi) is 2.84. The van der Waals surface area contributed by atoms with Crippen molar-refractivity contribution in [1.82, 2.24) is 0 Å². The van der Waals surface area contributed by atoms with E-state index in [2.05, 4.69) is 0 Å². The molecule has 0 radical (unpaired) electrons. The lowest BCUT2D eigenvalue weighted by molar-refractivity contribution is -0.385. The van der Waals surface area contributed by atoms with Gasteiger partial charge >= 0.3 is 0 Å². The number of rotatable bonds is 3. The Balaban J connectivity index is 3.17. The lowest BCUT2D eigenvalue weighted by Crippen LogP contribution is -1.95. The molecule has 0 atom stereocenters. The first-order valence-corrected chi connectivity index (χ1v) is 4.12. The van der Waals surface area contributed by atoms with Crippen LogP contribution in [-0.4, -0.2) is 10.0 Å². The van der Waals surface area contributed by atoms with Crippen LogP contribution in [0.15, 0.2) is 18.2 Å². The molecule has 0 bridgehead atoms. The molecule has 4 nitrogen and oxygen atoms in total. The normalized spacial score (nSPS) is 9.92. The number of benzene rings is 1. The molecule has 1 aromatic rings. The monoisotopic (exact) mass is 181 g/mol. The molecule has 0 aliphatic rings. The van der Waals surface area contributed by atoms with Crippen LogP contribution in [0.3, 0.4) is 0 Å². The van der Waals surface area contributed by atoms with Crippen LogP contribution >= 0.6 is 0 Å². The van der Waals surface area contributed by atoms with Crippen molar-refractivity contribution >= 4 is 5.69 Å². The zero-order valence-corrected chi connectivity index (χ0v) is 7.36. The maximum atomic E-state index is 10.5. The number of hydrogen-bond acceptors (Lipinski definition) is 3. The van der Waals surface area contributed by atoms with E-state index in [1.165, 1.54) is 18.2 Å². The van der Waals surface area contributed by atoms with Gasteiger partial charge in [-0.05, 0) is 12.5 Å². The van der Waals surface area contributed by atoms with E-state index in [0.717, 1.165) is 6.42 Å². The maximum absolute atomic E-state index is 10.5. The molecule has 0 amide bonds. The van der Waals surface area contributed by atoms with Crippen LogP contribution in [0.5, 0.6) is 5.75 Å². The fourth-order valence-electron chi connectivity index (χ4n) is 1.24. The summed E-state index contributed by atoms with van der Waals surface area (Å²) in [7, 11) is 0. The van der Waals surface area contributed by atoms with Gasteiger partial charge in [0.2, 0.25) is 0 Å². The lowest BCUT2D eigenvalue weighted by atomic mass is 10.1. The molecular weight excluding hydrogens is 170 g/mol. The predicted molar refractivity (Wildman–Crippen MR) is 48.8 cm³/mol. The predicted octanol–water partition coefficient (Wildman–Crippen LogP) is 2.25. The van der Waals surface area contributed by atoms with Gasteiger partial charge in [-0.25, -0.2) is 0 Å². The molecule has 4 heteroatoms. The van der Waals surface area contributed by atoms with E-state index >= 15 is 0 Å². The minimum absolute atomic E-state index is 0.00171. The van der Waals surface area contributed by atoms with Gasteiger partial charge in [0.1, 0.15) is 5.75 Å². The smallest absolute Gasteiger partial charge is 0.276 e. The van der Waals surface area contributed by atoms with Gasteiger partial charge in [0.05, 0.1) is 10.5 Å². The number of hydrogen-bond donors (Lipinski definition) is 1. The zero-order chi connectivity index (χ0) is 9.84. The molecule has 0 saturated carbocycles. The van der Waals surface area contributed by atoms with Crippen molar-refractivity contribution in [2.75, 3.05) is 0 Å². The van der Waals surface area contributed by atoms with Crippen molar-refractivity contribution in [3.8, 4) is 5.75 Å². The Morgan fingerprint density at radius 2 is 2.23 bits per heavy atom. The fraction of sp³-hybridized carbons (Fsp3) is 0.333. The van der Waals surface area contributed by atoms with Gasteiger partial charge in [0, 0.05) is 6.07 Å². The van der Waals surface area contributed by atoms with Gasteiger partial charge in [-0.2, -0.15) is 0 Å². The first-order valence-electron chi connectivity index (χ1n) is 4.12. The average molecular weight is 181 g/mol. The third kappa shape index (κ3) is 1.96. The highest BCUT2D eigenvalue weighted by Crippen LogP contribution is 2.28. The van der Waals surface area contributed by atoms with E-state index in [-0.39, 0.29) is 11.4 Å². The topological polar surface area (TPSA) is 63.4 Å². The molecule has 1 aromatic carbocycles. The Bertz CT molecular complexity index is 323. The minimum atomic E-state index is -0.468. The number of nitrogens with zero attached hydrogens (tertiary/aromatic N) is 1. The molecule has 0 aliphatic carbocycles. The summed E-state index contributed by atoms with van der Waals surface area (Å²) in [5.74, 6) is 0.0102. The largest absolute Gasteiger partial charge is 0.507 e. The van der Waals surface area contributed by atoms with Crippen LogP contribution in [0.4, 0.5) is 5.69 Å². The molecular formula is C9H11NO3. The first kappa shape index (κ1) is 9.51. The molecule has 13 heavy (non-hydrogen) atoms. The van der Waals surface area contributed by atoms with Crippen LogP contribution in [0, 0.1) is 10.1 Å². The Labute approximate surface area is 76.0 Å². The van der Waals surface area contributed by atoms with Crippen molar-refractivity contribution in [3.63, 3.8) is 0 Å². The standard InChI is InChI=1S/C9H11NO3/c1-2-4-7-8(10(12)13)5-3-6-9(7)11/h3,5-6,11H,2,4H2,1H3. The van der Waals surface area contributed by atoms with E-state index in [9.17, 15) is 15.2 Å². The lowest BCUT2D eigenvalue weighted by Gasteiger charge is -2.02. The Morgan fingerprint density at radius 3 is 2.77 bits per heavy atom. The van der Waals surface area contributed by atoms with Gasteiger partial charge in [0.15, 0.2) is 0 Å². The number of nitro groups is 1. The first-order chi connectivity index (χ1) is 6.16. The Morgan fingerprint density at radius 1 is 1.54 bits per heavy atom. The SMILES string of the molecule is CCCc1c(O)cccc1[N+](=O)[O-]. The molecule has 0 aromatic heterocycles. The van der Waals surface area contributed by atoms with Crippen LogP contribution in [0.1, 0.15) is 18.9 Å². The molecule has 0 heterocycles. The number of phenolic OH excluding ortho intramolecular Hbond substituents is 1. The summed E-state index contributed by atoms with van der Waals surface area (Å²) in [5, 5.41) is 19.9. The number of phenols is 1. The zero-order valence-electron chi connectivity index (χ0n) is 7.36. The second kappa shape index (κ2) is 3.89. The number of nitro benzene ring substituents is 1. The highest BCUT2D eigenvalue weighted by atomic mass is 16.6. The third-order valence-corrected chi connectivity index (χ3v) is 1.82. The average Bonchev–Trinajstić information content (AvgIpc) is 2.08. The summed E-state index contributed by atoms with van der Waals surface area (Å²) in [6.07, 6.45) is 1.31. The van der Waals surface area contributed by atoms with Crippen molar-refractivity contribution in [1.29, 1.82) is 0 Å². The van der Waals surface area contributed by atoms with E-state index < -0.39 is 4.92 Å². The van der Waals surface area contributed by atoms with Crippen LogP contribution in [0.25, 0.3) is 0 Å². The van der Waals surface area contributed by atoms with E-state index in [1.54, 1.807) is 0 Å². The highest BCUT2D eigenvalue weighted by molar-refractivity contribution is 5.48. The minimum Gasteiger partial charge on any atom is -0.507 e. The molecule has 0 spiro atoms. The van der Waals surface area contributed by atoms with E-state index in [4.69, 9.17) is 0 Å². The molecule has 70 valence electrons. The maximum Gasteiger partial charge on any atom is 0.276 e. The Hall–Kier alpha value is -1.58. The third-order valence-electron chi connectivity index (χ3n) is 1.82. The van der Waals surface area contributed by atoms with Crippen molar-refractivity contribution in [2.45, 2.75) is 19.8 Å². The molecule has 0 saturated heterocycles. The van der Waals surface area contributed by atoms with Gasteiger partial charge in [-0.3, -0.25) is 10.1 Å². The van der Waals surface area contributed by atoms with Crippen LogP contribution in [0.2, 0.25) is 0 Å².